The Bertz CT molecular complexity index is 801. The van der Waals surface area contributed by atoms with Gasteiger partial charge in [0.2, 0.25) is 0 Å². The molecule has 0 bridgehead atoms. The van der Waals surface area contributed by atoms with Gasteiger partial charge in [0.1, 0.15) is 5.00 Å². The first kappa shape index (κ1) is 20.8. The second kappa shape index (κ2) is 10.0. The second-order valence-electron chi connectivity index (χ2n) is 6.78. The van der Waals surface area contributed by atoms with Crippen LogP contribution in [0.2, 0.25) is 0 Å². The second-order valence-corrected chi connectivity index (χ2v) is 8.32. The van der Waals surface area contributed by atoms with Crippen LogP contribution in [0.1, 0.15) is 47.5 Å². The Balaban J connectivity index is 1.71. The molecule has 28 heavy (non-hydrogen) atoms. The molecule has 2 heterocycles. The van der Waals surface area contributed by atoms with Crippen molar-refractivity contribution in [3.63, 3.8) is 0 Å². The summed E-state index contributed by atoms with van der Waals surface area (Å²) in [6, 6.07) is 12.2. The van der Waals surface area contributed by atoms with E-state index in [1.807, 2.05) is 24.3 Å². The van der Waals surface area contributed by atoms with E-state index in [9.17, 15) is 4.79 Å². The van der Waals surface area contributed by atoms with Crippen LogP contribution in [0.15, 0.2) is 36.4 Å². The topological polar surface area (TPSA) is 59.6 Å². The summed E-state index contributed by atoms with van der Waals surface area (Å²) in [6.07, 6.45) is 3.04. The van der Waals surface area contributed by atoms with Crippen LogP contribution in [0.25, 0.3) is 0 Å². The highest BCUT2D eigenvalue weighted by Crippen LogP contribution is 2.30. The van der Waals surface area contributed by atoms with Crippen molar-refractivity contribution in [1.29, 1.82) is 0 Å². The van der Waals surface area contributed by atoms with Crippen molar-refractivity contribution in [3.8, 4) is 0 Å². The number of benzene rings is 1. The lowest BCUT2D eigenvalue weighted by Gasteiger charge is -2.21. The maximum atomic E-state index is 12.4. The average molecular weight is 419 g/mol. The summed E-state index contributed by atoms with van der Waals surface area (Å²) in [7, 11) is 0. The summed E-state index contributed by atoms with van der Waals surface area (Å²) in [5.41, 5.74) is 1.71. The molecule has 7 heteroatoms. The van der Waals surface area contributed by atoms with Gasteiger partial charge in [-0.1, -0.05) is 30.3 Å². The van der Waals surface area contributed by atoms with E-state index in [-0.39, 0.29) is 18.1 Å². The number of ether oxygens (including phenoxy) is 2. The van der Waals surface area contributed by atoms with Gasteiger partial charge in [0, 0.05) is 17.9 Å². The van der Waals surface area contributed by atoms with Crippen molar-refractivity contribution >= 4 is 39.6 Å². The summed E-state index contributed by atoms with van der Waals surface area (Å²) in [4.78, 5) is 13.5. The van der Waals surface area contributed by atoms with Crippen LogP contribution in [0.3, 0.4) is 0 Å². The van der Waals surface area contributed by atoms with Gasteiger partial charge in [0.05, 0.1) is 24.3 Å². The number of esters is 1. The number of anilines is 1. The van der Waals surface area contributed by atoms with Gasteiger partial charge in [-0.05, 0) is 50.5 Å². The molecule has 150 valence electrons. The molecule has 0 spiro atoms. The molecule has 1 saturated heterocycles. The maximum Gasteiger partial charge on any atom is 0.341 e. The predicted octanol–water partition coefficient (Wildman–Crippen LogP) is 4.37. The van der Waals surface area contributed by atoms with E-state index >= 15 is 0 Å². The van der Waals surface area contributed by atoms with Gasteiger partial charge in [-0.3, -0.25) is 0 Å². The number of thiophene rings is 1. The number of hydrogen-bond donors (Lipinski definition) is 2. The minimum absolute atomic E-state index is 0.109. The van der Waals surface area contributed by atoms with Gasteiger partial charge in [0.15, 0.2) is 5.11 Å². The molecular weight excluding hydrogens is 392 g/mol. The molecule has 1 aliphatic rings. The zero-order chi connectivity index (χ0) is 19.9. The van der Waals surface area contributed by atoms with Gasteiger partial charge in [0.25, 0.3) is 0 Å². The zero-order valence-corrected chi connectivity index (χ0v) is 17.8. The molecule has 1 fully saturated rings. The lowest BCUT2D eigenvalue weighted by atomic mass is 10.1. The first-order valence-electron chi connectivity index (χ1n) is 9.59. The molecule has 2 aromatic rings. The van der Waals surface area contributed by atoms with Crippen LogP contribution in [0, 0.1) is 0 Å². The van der Waals surface area contributed by atoms with Crippen molar-refractivity contribution < 1.29 is 14.3 Å². The van der Waals surface area contributed by atoms with Crippen molar-refractivity contribution in [2.24, 2.45) is 0 Å². The molecule has 0 radical (unpaired) electrons. The first-order chi connectivity index (χ1) is 13.6. The fraction of sp³-hybridized carbons (Fsp3) is 0.429. The molecule has 3 rings (SSSR count). The van der Waals surface area contributed by atoms with Gasteiger partial charge in [-0.15, -0.1) is 11.3 Å². The van der Waals surface area contributed by atoms with E-state index in [1.54, 1.807) is 6.92 Å². The largest absolute Gasteiger partial charge is 0.462 e. The van der Waals surface area contributed by atoms with Crippen LogP contribution >= 0.6 is 23.6 Å². The molecule has 0 saturated carbocycles. The normalized spacial score (nSPS) is 17.1. The van der Waals surface area contributed by atoms with Crippen LogP contribution in [0.4, 0.5) is 5.00 Å². The van der Waals surface area contributed by atoms with Crippen LogP contribution in [-0.2, 0) is 15.9 Å². The van der Waals surface area contributed by atoms with Crippen LogP contribution in [0.5, 0.6) is 0 Å². The van der Waals surface area contributed by atoms with E-state index < -0.39 is 0 Å². The Morgan fingerprint density at radius 1 is 1.39 bits per heavy atom. The van der Waals surface area contributed by atoms with E-state index in [2.05, 4.69) is 29.7 Å². The Labute approximate surface area is 175 Å². The minimum Gasteiger partial charge on any atom is -0.462 e. The molecule has 5 nitrogen and oxygen atoms in total. The van der Waals surface area contributed by atoms with E-state index in [0.29, 0.717) is 22.3 Å². The zero-order valence-electron chi connectivity index (χ0n) is 16.2. The Morgan fingerprint density at radius 3 is 2.86 bits per heavy atom. The van der Waals surface area contributed by atoms with Gasteiger partial charge < -0.3 is 20.1 Å². The number of carbonyl (C=O) groups excluding carboxylic acids is 1. The monoisotopic (exact) mass is 418 g/mol. The van der Waals surface area contributed by atoms with E-state index in [0.717, 1.165) is 30.7 Å². The standard InChI is InChI=1S/C21H26N2O3S2/c1-3-25-20(24)17-13-16(12-15-8-5-4-6-9-15)28-19(17)23-21(27)22-14(2)18-10-7-11-26-18/h4-6,8-9,13-14,18H,3,7,10-12H2,1-2H3,(H2,22,23,27)/t14-,18-/m0/s1. The highest BCUT2D eigenvalue weighted by molar-refractivity contribution is 7.80. The molecule has 0 amide bonds. The summed E-state index contributed by atoms with van der Waals surface area (Å²) in [6.45, 7) is 5.00. The fourth-order valence-corrected chi connectivity index (χ4v) is 4.65. The van der Waals surface area contributed by atoms with Gasteiger partial charge in [-0.2, -0.15) is 0 Å². The lowest BCUT2D eigenvalue weighted by Crippen LogP contribution is -2.42. The summed E-state index contributed by atoms with van der Waals surface area (Å²) >= 11 is 7.00. The Morgan fingerprint density at radius 2 is 2.18 bits per heavy atom. The van der Waals surface area contributed by atoms with Crippen molar-refractivity contribution in [3.05, 3.63) is 52.4 Å². The Kier molecular flexibility index (Phi) is 7.42. The number of carbonyl (C=O) groups is 1. The molecule has 1 aromatic heterocycles. The van der Waals surface area contributed by atoms with Gasteiger partial charge >= 0.3 is 5.97 Å². The minimum atomic E-state index is -0.337. The van der Waals surface area contributed by atoms with Crippen molar-refractivity contribution in [1.82, 2.24) is 5.32 Å². The summed E-state index contributed by atoms with van der Waals surface area (Å²) in [5, 5.41) is 7.67. The third kappa shape index (κ3) is 5.53. The Hall–Kier alpha value is -1.96. The first-order valence-corrected chi connectivity index (χ1v) is 10.8. The quantitative estimate of drug-likeness (QED) is 0.514. The number of nitrogens with one attached hydrogen (secondary N) is 2. The summed E-state index contributed by atoms with van der Waals surface area (Å²) in [5.74, 6) is -0.337. The average Bonchev–Trinajstić information content (AvgIpc) is 3.33. The third-order valence-electron chi connectivity index (χ3n) is 4.61. The lowest BCUT2D eigenvalue weighted by molar-refractivity contribution is 0.0528. The number of rotatable bonds is 7. The van der Waals surface area contributed by atoms with Crippen molar-refractivity contribution in [2.75, 3.05) is 18.5 Å². The van der Waals surface area contributed by atoms with Gasteiger partial charge in [-0.25, -0.2) is 4.79 Å². The molecule has 1 aromatic carbocycles. The summed E-state index contributed by atoms with van der Waals surface area (Å²) < 4.78 is 10.9. The van der Waals surface area contributed by atoms with Crippen LogP contribution < -0.4 is 10.6 Å². The van der Waals surface area contributed by atoms with E-state index in [1.165, 1.54) is 16.9 Å². The third-order valence-corrected chi connectivity index (χ3v) is 5.88. The van der Waals surface area contributed by atoms with Crippen LogP contribution in [-0.4, -0.2) is 36.4 Å². The highest BCUT2D eigenvalue weighted by atomic mass is 32.1. The smallest absolute Gasteiger partial charge is 0.341 e. The SMILES string of the molecule is CCOC(=O)c1cc(Cc2ccccc2)sc1NC(=S)N[C@@H](C)[C@@H]1CCCO1. The molecule has 0 aliphatic carbocycles. The molecular formula is C21H26N2O3S2. The molecule has 1 aliphatic heterocycles. The van der Waals surface area contributed by atoms with E-state index in [4.69, 9.17) is 21.7 Å². The molecule has 2 atom stereocenters. The fourth-order valence-electron chi connectivity index (χ4n) is 3.22. The highest BCUT2D eigenvalue weighted by Gasteiger charge is 2.24. The number of thiocarbonyl (C=S) groups is 1. The van der Waals surface area contributed by atoms with Crippen molar-refractivity contribution in [2.45, 2.75) is 45.3 Å². The molecule has 2 N–H and O–H groups in total. The predicted molar refractivity (Wildman–Crippen MR) is 117 cm³/mol. The number of hydrogen-bond acceptors (Lipinski definition) is 5. The molecule has 0 unspecified atom stereocenters. The maximum absolute atomic E-state index is 12.4.